The maximum absolute atomic E-state index is 0. The van der Waals surface area contributed by atoms with E-state index in [0.29, 0.717) is 0 Å². The van der Waals surface area contributed by atoms with E-state index in [1.54, 1.807) is 0 Å². The van der Waals surface area contributed by atoms with Crippen molar-refractivity contribution in [3.05, 3.63) is 0 Å². The van der Waals surface area contributed by atoms with Gasteiger partial charge in [0.1, 0.15) is 0 Å². The molecular weight excluding hydrogens is 158 g/mol. The summed E-state index contributed by atoms with van der Waals surface area (Å²) in [6.07, 6.45) is 0. The van der Waals surface area contributed by atoms with Crippen molar-refractivity contribution in [2.24, 2.45) is 0 Å². The fourth-order valence-corrected chi connectivity index (χ4v) is 0. The molecule has 0 heterocycles. The summed E-state index contributed by atoms with van der Waals surface area (Å²) in [7, 11) is 0. The van der Waals surface area contributed by atoms with Crippen molar-refractivity contribution in [2.45, 2.75) is 0 Å². The van der Waals surface area contributed by atoms with Gasteiger partial charge in [-0.3, -0.25) is 0 Å². The van der Waals surface area contributed by atoms with Crippen LogP contribution in [0.1, 0.15) is 0 Å². The fraction of sp³-hybridized carbons (Fsp3) is 0. The van der Waals surface area contributed by atoms with Gasteiger partial charge < -0.3 is 0 Å². The molecule has 0 unspecified atom stereocenters. The molecule has 0 saturated heterocycles. The van der Waals surface area contributed by atoms with Crippen LogP contribution in [-0.4, -0.2) is 19.4 Å². The molecule has 0 aromatic rings. The smallest absolute Gasteiger partial charge is 0 e. The fourth-order valence-electron chi connectivity index (χ4n) is 0. The molecule has 30 valence electrons. The molecule has 0 aliphatic rings. The topological polar surface area (TPSA) is 0 Å². The van der Waals surface area contributed by atoms with Gasteiger partial charge in [0.15, 0.2) is 0 Å². The summed E-state index contributed by atoms with van der Waals surface area (Å²) in [6.45, 7) is 0. The Kier molecular flexibility index (Phi) is 389. The molecule has 0 spiro atoms. The molecule has 0 bridgehead atoms. The van der Waals surface area contributed by atoms with Gasteiger partial charge in [0.05, 0.1) is 0 Å². The quantitative estimate of drug-likeness (QED) is 0.367. The molecule has 0 aromatic heterocycles. The van der Waals surface area contributed by atoms with Crippen LogP contribution < -0.4 is 0 Å². The Morgan fingerprint density at radius 2 is 1.00 bits per heavy atom. The van der Waals surface area contributed by atoms with E-state index in [1.807, 2.05) is 0 Å². The van der Waals surface area contributed by atoms with Gasteiger partial charge in [0.2, 0.25) is 0 Å². The predicted molar refractivity (Wildman–Crippen MR) is 17.1 cm³/mol. The summed E-state index contributed by atoms with van der Waals surface area (Å²) < 4.78 is 0. The van der Waals surface area contributed by atoms with E-state index in [4.69, 9.17) is 0 Å². The summed E-state index contributed by atoms with van der Waals surface area (Å²) >= 11 is 0. The molecule has 0 rings (SSSR count). The first-order chi connectivity index (χ1) is 0. The van der Waals surface area contributed by atoms with Gasteiger partial charge in [-0.1, -0.05) is 0 Å². The molecule has 0 saturated carbocycles. The summed E-state index contributed by atoms with van der Waals surface area (Å²) in [5.41, 5.74) is 0. The monoisotopic (exact) mass is 162 g/mol. The molecule has 0 N–H and O–H groups in total. The molecule has 0 fully saturated rings. The SMILES string of the molecule is [B].[Cu].[Fe].[SiH4]. The first kappa shape index (κ1) is 56.9. The van der Waals surface area contributed by atoms with Crippen molar-refractivity contribution < 1.29 is 34.1 Å². The molecule has 0 aliphatic carbocycles. The zero-order chi connectivity index (χ0) is 0. The molecule has 0 aromatic carbocycles. The maximum Gasteiger partial charge on any atom is 0 e. The summed E-state index contributed by atoms with van der Waals surface area (Å²) in [5, 5.41) is 0. The standard InChI is InChI=1S/B.Cu.Fe.H4Si/h;;;1H4. The Labute approximate surface area is 53.7 Å². The van der Waals surface area contributed by atoms with Crippen LogP contribution >= 0.6 is 0 Å². The van der Waals surface area contributed by atoms with Gasteiger partial charge >= 0.3 is 0 Å². The third kappa shape index (κ3) is 10.3. The van der Waals surface area contributed by atoms with Crippen LogP contribution in [0.3, 0.4) is 0 Å². The second-order valence-electron chi connectivity index (χ2n) is 0. The molecule has 4 radical (unpaired) electrons. The van der Waals surface area contributed by atoms with Crippen molar-refractivity contribution in [1.82, 2.24) is 0 Å². The van der Waals surface area contributed by atoms with Gasteiger partial charge in [-0.05, 0) is 11.0 Å². The van der Waals surface area contributed by atoms with Gasteiger partial charge in [-0.25, -0.2) is 0 Å². The minimum Gasteiger partial charge on any atom is -0.0149 e. The van der Waals surface area contributed by atoms with E-state index in [9.17, 15) is 0 Å². The van der Waals surface area contributed by atoms with E-state index in [1.165, 1.54) is 0 Å². The van der Waals surface area contributed by atoms with E-state index in [-0.39, 0.29) is 53.5 Å². The summed E-state index contributed by atoms with van der Waals surface area (Å²) in [4.78, 5) is 0. The van der Waals surface area contributed by atoms with Crippen LogP contribution in [0.2, 0.25) is 0 Å². The molecule has 4 heteroatoms. The van der Waals surface area contributed by atoms with Gasteiger partial charge in [0, 0.05) is 42.6 Å². The molecule has 0 nitrogen and oxygen atoms in total. The Hall–Kier alpha value is 1.32. The number of hydrogen-bond donors (Lipinski definition) is 0. The van der Waals surface area contributed by atoms with Crippen LogP contribution in [0, 0.1) is 0 Å². The average molecular weight is 162 g/mol. The third-order valence-electron chi connectivity index (χ3n) is 0. The minimum atomic E-state index is 0. The normalized spacial score (nSPS) is 0. The largest absolute Gasteiger partial charge is 0.0149 e. The van der Waals surface area contributed by atoms with Crippen LogP contribution in [0.15, 0.2) is 0 Å². The number of hydrogen-bond acceptors (Lipinski definition) is 0. The van der Waals surface area contributed by atoms with Crippen molar-refractivity contribution in [2.75, 3.05) is 0 Å². The second-order valence-corrected chi connectivity index (χ2v) is 0. The van der Waals surface area contributed by atoms with Crippen LogP contribution in [0.25, 0.3) is 0 Å². The van der Waals surface area contributed by atoms with E-state index >= 15 is 0 Å². The van der Waals surface area contributed by atoms with Gasteiger partial charge in [0.25, 0.3) is 0 Å². The maximum atomic E-state index is 0. The van der Waals surface area contributed by atoms with Gasteiger partial charge in [-0.2, -0.15) is 0 Å². The zero-order valence-electron chi connectivity index (χ0n) is 1.23. The zero-order valence-corrected chi connectivity index (χ0v) is 3.28. The summed E-state index contributed by atoms with van der Waals surface area (Å²) in [5.74, 6) is 0. The third-order valence-corrected chi connectivity index (χ3v) is 0. The molecule has 4 heavy (non-hydrogen) atoms. The van der Waals surface area contributed by atoms with Gasteiger partial charge in [-0.15, -0.1) is 0 Å². The van der Waals surface area contributed by atoms with Crippen molar-refractivity contribution in [3.63, 3.8) is 0 Å². The van der Waals surface area contributed by atoms with Crippen molar-refractivity contribution in [1.29, 1.82) is 0 Å². The predicted octanol–water partition coefficient (Wildman–Crippen LogP) is -1.84. The average Bonchev–Trinajstić information content (AvgIpc) is 0. The van der Waals surface area contributed by atoms with Crippen LogP contribution in [0.5, 0.6) is 0 Å². The molecule has 0 amide bonds. The van der Waals surface area contributed by atoms with E-state index in [0.717, 1.165) is 0 Å². The Morgan fingerprint density at radius 1 is 1.00 bits per heavy atom. The van der Waals surface area contributed by atoms with Crippen molar-refractivity contribution >= 4 is 19.4 Å². The Morgan fingerprint density at radius 3 is 1.00 bits per heavy atom. The second kappa shape index (κ2) is 27.3. The van der Waals surface area contributed by atoms with Crippen molar-refractivity contribution in [3.8, 4) is 0 Å². The van der Waals surface area contributed by atoms with Crippen LogP contribution in [-0.2, 0) is 34.1 Å². The first-order valence-electron chi connectivity index (χ1n) is 0. The molecule has 0 atom stereocenters. The van der Waals surface area contributed by atoms with E-state index < -0.39 is 0 Å². The van der Waals surface area contributed by atoms with E-state index in [2.05, 4.69) is 0 Å². The minimum absolute atomic E-state index is 0. The Balaban J connectivity index is 0. The Bertz CT molecular complexity index is 8.00. The van der Waals surface area contributed by atoms with Crippen LogP contribution in [0.4, 0.5) is 0 Å². The summed E-state index contributed by atoms with van der Waals surface area (Å²) in [6, 6.07) is 0. The molecular formula is H4BCuFeSi. The first-order valence-corrected chi connectivity index (χ1v) is 0. The molecule has 0 aliphatic heterocycles. The number of rotatable bonds is 0.